The van der Waals surface area contributed by atoms with Crippen molar-refractivity contribution in [1.82, 2.24) is 20.8 Å². The Labute approximate surface area is 184 Å². The van der Waals surface area contributed by atoms with Gasteiger partial charge in [0, 0.05) is 17.5 Å². The zero-order valence-corrected chi connectivity index (χ0v) is 20.0. The number of ether oxygens (including phenoxy) is 1. The van der Waals surface area contributed by atoms with Crippen molar-refractivity contribution < 1.29 is 9.26 Å². The van der Waals surface area contributed by atoms with Crippen LogP contribution < -0.4 is 15.4 Å². The largest absolute Gasteiger partial charge is 0.494 e. The Kier molecular flexibility index (Phi) is 9.71. The van der Waals surface area contributed by atoms with Crippen LogP contribution in [0.15, 0.2) is 27.7 Å². The van der Waals surface area contributed by atoms with Crippen molar-refractivity contribution >= 4 is 29.9 Å². The van der Waals surface area contributed by atoms with Gasteiger partial charge in [-0.2, -0.15) is 4.98 Å². The summed E-state index contributed by atoms with van der Waals surface area (Å²) in [6.07, 6.45) is 0. The molecule has 2 rings (SSSR count). The van der Waals surface area contributed by atoms with Gasteiger partial charge in [-0.3, -0.25) is 0 Å². The predicted molar refractivity (Wildman–Crippen MR) is 122 cm³/mol. The second-order valence-corrected chi connectivity index (χ2v) is 7.36. The Hall–Kier alpha value is -1.84. The second-order valence-electron chi connectivity index (χ2n) is 7.36. The van der Waals surface area contributed by atoms with Crippen molar-refractivity contribution in [2.24, 2.45) is 4.99 Å². The minimum absolute atomic E-state index is 0. The van der Waals surface area contributed by atoms with E-state index in [0.717, 1.165) is 17.9 Å². The van der Waals surface area contributed by atoms with E-state index >= 15 is 0 Å². The number of hydrogen-bond donors (Lipinski definition) is 2. The Balaban J connectivity index is 0.00000392. The summed E-state index contributed by atoms with van der Waals surface area (Å²) in [5.41, 5.74) is 2.06. The van der Waals surface area contributed by atoms with Crippen LogP contribution >= 0.6 is 24.0 Å². The van der Waals surface area contributed by atoms with Crippen LogP contribution in [0.3, 0.4) is 0 Å². The molecule has 0 spiro atoms. The summed E-state index contributed by atoms with van der Waals surface area (Å²) in [5.74, 6) is 2.81. The number of nitrogens with zero attached hydrogens (tertiary/aromatic N) is 3. The van der Waals surface area contributed by atoms with Gasteiger partial charge in [0.2, 0.25) is 5.89 Å². The molecule has 0 aliphatic heterocycles. The molecular weight excluding hydrogens is 469 g/mol. The fourth-order valence-corrected chi connectivity index (χ4v) is 2.38. The van der Waals surface area contributed by atoms with Crippen LogP contribution in [0, 0.1) is 6.92 Å². The van der Waals surface area contributed by atoms with E-state index in [9.17, 15) is 0 Å². The highest BCUT2D eigenvalue weighted by atomic mass is 127. The molecule has 0 saturated heterocycles. The van der Waals surface area contributed by atoms with Gasteiger partial charge in [0.15, 0.2) is 11.8 Å². The van der Waals surface area contributed by atoms with Gasteiger partial charge < -0.3 is 19.9 Å². The van der Waals surface area contributed by atoms with E-state index in [2.05, 4.69) is 44.8 Å². The van der Waals surface area contributed by atoms with E-state index in [-0.39, 0.29) is 29.4 Å². The zero-order valence-electron chi connectivity index (χ0n) is 17.6. The number of aryl methyl sites for hydroxylation is 1. The molecule has 0 unspecified atom stereocenters. The van der Waals surface area contributed by atoms with Crippen molar-refractivity contribution in [3.8, 4) is 5.75 Å². The number of nitrogens with one attached hydrogen (secondary N) is 2. The molecule has 1 aromatic carbocycles. The Bertz CT molecular complexity index is 768. The maximum absolute atomic E-state index is 5.73. The Morgan fingerprint density at radius 3 is 2.57 bits per heavy atom. The predicted octanol–water partition coefficient (Wildman–Crippen LogP) is 3.95. The lowest BCUT2D eigenvalue weighted by Crippen LogP contribution is -2.37. The molecule has 0 bridgehead atoms. The first kappa shape index (κ1) is 24.2. The second kappa shape index (κ2) is 11.2. The molecule has 156 valence electrons. The summed E-state index contributed by atoms with van der Waals surface area (Å²) in [6, 6.07) is 6.17. The number of guanidine groups is 1. The molecule has 2 N–H and O–H groups in total. The standard InChI is InChI=1S/C20H31N5O2.HI/c1-7-21-19(23-13-17-24-18(27-25-17)20(4,5)6)22-12-15-10-9-14(3)11-16(15)26-8-2;/h9-11H,7-8,12-13H2,1-6H3,(H2,21,22,23);1H. The van der Waals surface area contributed by atoms with Crippen LogP contribution in [0.5, 0.6) is 5.75 Å². The minimum atomic E-state index is -0.162. The van der Waals surface area contributed by atoms with Gasteiger partial charge in [-0.05, 0) is 32.4 Å². The molecule has 2 aromatic rings. The van der Waals surface area contributed by atoms with Gasteiger partial charge in [-0.15, -0.1) is 24.0 Å². The number of halogens is 1. The average molecular weight is 501 g/mol. The lowest BCUT2D eigenvalue weighted by atomic mass is 9.97. The van der Waals surface area contributed by atoms with Gasteiger partial charge in [0.1, 0.15) is 5.75 Å². The highest BCUT2D eigenvalue weighted by molar-refractivity contribution is 14.0. The van der Waals surface area contributed by atoms with Crippen LogP contribution in [-0.2, 0) is 18.5 Å². The number of aliphatic imine (C=N–C) groups is 1. The SMILES string of the molecule is CCNC(=NCc1ccc(C)cc1OCC)NCc1noc(C(C)(C)C)n1.I. The first-order valence-corrected chi connectivity index (χ1v) is 9.41. The third-order valence-corrected chi connectivity index (χ3v) is 3.80. The topological polar surface area (TPSA) is 84.6 Å². The van der Waals surface area contributed by atoms with Gasteiger partial charge >= 0.3 is 0 Å². The molecule has 28 heavy (non-hydrogen) atoms. The number of benzene rings is 1. The zero-order chi connectivity index (χ0) is 19.9. The monoisotopic (exact) mass is 501 g/mol. The van der Waals surface area contributed by atoms with Crippen LogP contribution in [-0.4, -0.2) is 29.3 Å². The van der Waals surface area contributed by atoms with Gasteiger partial charge in [0.25, 0.3) is 0 Å². The van der Waals surface area contributed by atoms with Gasteiger partial charge in [0.05, 0.1) is 19.7 Å². The van der Waals surface area contributed by atoms with Crippen molar-refractivity contribution in [2.75, 3.05) is 13.2 Å². The fourth-order valence-electron chi connectivity index (χ4n) is 2.38. The van der Waals surface area contributed by atoms with Crippen LogP contribution in [0.4, 0.5) is 0 Å². The van der Waals surface area contributed by atoms with E-state index in [1.54, 1.807) is 0 Å². The van der Waals surface area contributed by atoms with E-state index in [4.69, 9.17) is 9.26 Å². The Morgan fingerprint density at radius 1 is 1.21 bits per heavy atom. The summed E-state index contributed by atoms with van der Waals surface area (Å²) in [5, 5.41) is 10.5. The molecule has 7 nitrogen and oxygen atoms in total. The first-order valence-electron chi connectivity index (χ1n) is 9.41. The molecule has 0 amide bonds. The molecule has 0 saturated carbocycles. The molecular formula is C20H32IN5O2. The summed E-state index contributed by atoms with van der Waals surface area (Å²) >= 11 is 0. The minimum Gasteiger partial charge on any atom is -0.494 e. The van der Waals surface area contributed by atoms with Crippen molar-refractivity contribution in [3.05, 3.63) is 41.0 Å². The van der Waals surface area contributed by atoms with E-state index in [1.165, 1.54) is 5.56 Å². The number of aromatic nitrogens is 2. The van der Waals surface area contributed by atoms with Crippen LogP contribution in [0.1, 0.15) is 57.5 Å². The molecule has 0 fully saturated rings. The lowest BCUT2D eigenvalue weighted by Gasteiger charge is -2.12. The summed E-state index contributed by atoms with van der Waals surface area (Å²) in [4.78, 5) is 9.09. The quantitative estimate of drug-likeness (QED) is 0.340. The number of rotatable bonds is 7. The Morgan fingerprint density at radius 2 is 1.96 bits per heavy atom. The lowest BCUT2D eigenvalue weighted by molar-refractivity contribution is 0.318. The van der Waals surface area contributed by atoms with Crippen LogP contribution in [0.2, 0.25) is 0 Å². The maximum Gasteiger partial charge on any atom is 0.232 e. The van der Waals surface area contributed by atoms with Crippen molar-refractivity contribution in [3.63, 3.8) is 0 Å². The van der Waals surface area contributed by atoms with Crippen LogP contribution in [0.25, 0.3) is 0 Å². The third kappa shape index (κ3) is 7.29. The molecule has 0 radical (unpaired) electrons. The summed E-state index contributed by atoms with van der Waals surface area (Å²) in [7, 11) is 0. The molecule has 0 aliphatic rings. The van der Waals surface area contributed by atoms with Gasteiger partial charge in [-0.25, -0.2) is 4.99 Å². The average Bonchev–Trinajstić information content (AvgIpc) is 3.08. The van der Waals surface area contributed by atoms with Crippen molar-refractivity contribution in [1.29, 1.82) is 0 Å². The molecule has 1 aromatic heterocycles. The summed E-state index contributed by atoms with van der Waals surface area (Å²) < 4.78 is 11.1. The normalized spacial score (nSPS) is 11.7. The first-order chi connectivity index (χ1) is 12.8. The highest BCUT2D eigenvalue weighted by Gasteiger charge is 2.21. The molecule has 0 atom stereocenters. The van der Waals surface area contributed by atoms with Crippen molar-refractivity contribution in [2.45, 2.75) is 60.0 Å². The third-order valence-electron chi connectivity index (χ3n) is 3.80. The molecule has 8 heteroatoms. The maximum atomic E-state index is 5.73. The molecule has 1 heterocycles. The molecule has 0 aliphatic carbocycles. The van der Waals surface area contributed by atoms with Gasteiger partial charge in [-0.1, -0.05) is 38.1 Å². The smallest absolute Gasteiger partial charge is 0.232 e. The number of hydrogen-bond acceptors (Lipinski definition) is 5. The fraction of sp³-hybridized carbons (Fsp3) is 0.550. The van der Waals surface area contributed by atoms with E-state index < -0.39 is 0 Å². The van der Waals surface area contributed by atoms with E-state index in [1.807, 2.05) is 40.7 Å². The van der Waals surface area contributed by atoms with E-state index in [0.29, 0.717) is 37.4 Å². The highest BCUT2D eigenvalue weighted by Crippen LogP contribution is 2.21. The summed E-state index contributed by atoms with van der Waals surface area (Å²) in [6.45, 7) is 14.5.